The lowest BCUT2D eigenvalue weighted by Crippen LogP contribution is -2.26. The van der Waals surface area contributed by atoms with Gasteiger partial charge in [-0.15, -0.1) is 11.6 Å². The van der Waals surface area contributed by atoms with Crippen LogP contribution in [0, 0.1) is 0 Å². The third kappa shape index (κ3) is 2.67. The highest BCUT2D eigenvalue weighted by molar-refractivity contribution is 6.31. The van der Waals surface area contributed by atoms with Crippen molar-refractivity contribution >= 4 is 34.2 Å². The molecule has 1 fully saturated rings. The van der Waals surface area contributed by atoms with Gasteiger partial charge in [-0.2, -0.15) is 0 Å². The Morgan fingerprint density at radius 3 is 3.05 bits per heavy atom. The van der Waals surface area contributed by atoms with Gasteiger partial charge >= 0.3 is 0 Å². The summed E-state index contributed by atoms with van der Waals surface area (Å²) in [6.45, 7) is 2.92. The second-order valence-electron chi connectivity index (χ2n) is 5.33. The number of hydrogen-bond acceptors (Lipinski definition) is 2. The van der Waals surface area contributed by atoms with Crippen LogP contribution in [0.4, 0.5) is 0 Å². The van der Waals surface area contributed by atoms with E-state index in [4.69, 9.17) is 32.9 Å². The minimum absolute atomic E-state index is 0.286. The minimum Gasteiger partial charge on any atom is -0.378 e. The summed E-state index contributed by atoms with van der Waals surface area (Å²) in [6, 6.07) is 6.29. The standard InChI is InChI=1S/C15H18Cl2N2O/c1-10-8-12(5-7-20-10)19-14-9-11(17)2-3-13(14)18-15(19)4-6-16/h2-3,9-10,12H,4-8H2,1H3. The van der Waals surface area contributed by atoms with E-state index in [0.29, 0.717) is 11.9 Å². The van der Waals surface area contributed by atoms with Crippen LogP contribution < -0.4 is 0 Å². The molecule has 2 aromatic rings. The maximum absolute atomic E-state index is 6.15. The van der Waals surface area contributed by atoms with Crippen molar-refractivity contribution in [3.8, 4) is 0 Å². The maximum atomic E-state index is 6.15. The molecular weight excluding hydrogens is 295 g/mol. The van der Waals surface area contributed by atoms with Crippen molar-refractivity contribution in [1.82, 2.24) is 9.55 Å². The van der Waals surface area contributed by atoms with Crippen molar-refractivity contribution in [2.45, 2.75) is 38.3 Å². The van der Waals surface area contributed by atoms with E-state index < -0.39 is 0 Å². The summed E-state index contributed by atoms with van der Waals surface area (Å²) in [5.74, 6) is 1.63. The first-order chi connectivity index (χ1) is 9.69. The average molecular weight is 313 g/mol. The van der Waals surface area contributed by atoms with E-state index in [9.17, 15) is 0 Å². The van der Waals surface area contributed by atoms with E-state index in [0.717, 1.165) is 47.7 Å². The maximum Gasteiger partial charge on any atom is 0.111 e. The molecular formula is C15H18Cl2N2O. The predicted molar refractivity (Wildman–Crippen MR) is 82.9 cm³/mol. The summed E-state index contributed by atoms with van der Waals surface area (Å²) in [4.78, 5) is 4.72. The third-order valence-electron chi connectivity index (χ3n) is 3.87. The highest BCUT2D eigenvalue weighted by Gasteiger charge is 2.24. The van der Waals surface area contributed by atoms with Crippen molar-refractivity contribution in [3.05, 3.63) is 29.0 Å². The van der Waals surface area contributed by atoms with Crippen molar-refractivity contribution in [3.63, 3.8) is 0 Å². The smallest absolute Gasteiger partial charge is 0.111 e. The molecule has 108 valence electrons. The largest absolute Gasteiger partial charge is 0.378 e. The molecule has 0 radical (unpaired) electrons. The summed E-state index contributed by atoms with van der Waals surface area (Å²) in [5.41, 5.74) is 2.10. The van der Waals surface area contributed by atoms with E-state index in [-0.39, 0.29) is 6.10 Å². The number of aromatic nitrogens is 2. The second kappa shape index (κ2) is 5.92. The molecule has 0 spiro atoms. The number of fused-ring (bicyclic) bond motifs is 1. The lowest BCUT2D eigenvalue weighted by Gasteiger charge is -2.30. The summed E-state index contributed by atoms with van der Waals surface area (Å²) in [5, 5.41) is 0.746. The number of hydrogen-bond donors (Lipinski definition) is 0. The monoisotopic (exact) mass is 312 g/mol. The molecule has 2 atom stereocenters. The van der Waals surface area contributed by atoms with Gasteiger partial charge in [-0.25, -0.2) is 4.98 Å². The van der Waals surface area contributed by atoms with Crippen molar-refractivity contribution in [2.24, 2.45) is 0 Å². The van der Waals surface area contributed by atoms with Crippen molar-refractivity contribution in [1.29, 1.82) is 0 Å². The molecule has 0 N–H and O–H groups in total. The zero-order chi connectivity index (χ0) is 14.1. The van der Waals surface area contributed by atoms with Gasteiger partial charge in [-0.05, 0) is 38.0 Å². The molecule has 1 aliphatic heterocycles. The topological polar surface area (TPSA) is 27.1 Å². The quantitative estimate of drug-likeness (QED) is 0.794. The Bertz CT molecular complexity index is 611. The number of imidazole rings is 1. The van der Waals surface area contributed by atoms with E-state index in [1.165, 1.54) is 0 Å². The Kier molecular flexibility index (Phi) is 4.20. The first-order valence-corrected chi connectivity index (χ1v) is 7.94. The minimum atomic E-state index is 0.286. The Balaban J connectivity index is 2.09. The fourth-order valence-corrected chi connectivity index (χ4v) is 3.33. The summed E-state index contributed by atoms with van der Waals surface area (Å²) in [6.07, 6.45) is 3.08. The molecule has 20 heavy (non-hydrogen) atoms. The Morgan fingerprint density at radius 1 is 1.45 bits per heavy atom. The van der Waals surface area contributed by atoms with Crippen LogP contribution in [0.25, 0.3) is 11.0 Å². The van der Waals surface area contributed by atoms with Gasteiger partial charge in [0.1, 0.15) is 5.82 Å². The summed E-state index contributed by atoms with van der Waals surface area (Å²) < 4.78 is 7.98. The van der Waals surface area contributed by atoms with E-state index in [1.54, 1.807) is 0 Å². The summed E-state index contributed by atoms with van der Waals surface area (Å²) >= 11 is 12.1. The number of aryl methyl sites for hydroxylation is 1. The molecule has 0 aliphatic carbocycles. The van der Waals surface area contributed by atoms with Crippen LogP contribution in [-0.2, 0) is 11.2 Å². The average Bonchev–Trinajstić information content (AvgIpc) is 2.76. The van der Waals surface area contributed by atoms with E-state index >= 15 is 0 Å². The lowest BCUT2D eigenvalue weighted by atomic mass is 10.0. The molecule has 3 nitrogen and oxygen atoms in total. The van der Waals surface area contributed by atoms with Crippen molar-refractivity contribution in [2.75, 3.05) is 12.5 Å². The van der Waals surface area contributed by atoms with Crippen LogP contribution in [0.3, 0.4) is 0 Å². The number of benzene rings is 1. The summed E-state index contributed by atoms with van der Waals surface area (Å²) in [7, 11) is 0. The second-order valence-corrected chi connectivity index (χ2v) is 6.14. The molecule has 1 aromatic heterocycles. The zero-order valence-corrected chi connectivity index (χ0v) is 13.0. The molecule has 0 bridgehead atoms. The van der Waals surface area contributed by atoms with Gasteiger partial charge in [0.2, 0.25) is 0 Å². The first-order valence-electron chi connectivity index (χ1n) is 7.03. The number of rotatable bonds is 3. The Morgan fingerprint density at radius 2 is 2.30 bits per heavy atom. The molecule has 3 rings (SSSR count). The zero-order valence-electron chi connectivity index (χ0n) is 11.5. The Hall–Kier alpha value is -0.770. The number of nitrogens with zero attached hydrogens (tertiary/aromatic N) is 2. The highest BCUT2D eigenvalue weighted by Crippen LogP contribution is 2.31. The fraction of sp³-hybridized carbons (Fsp3) is 0.533. The van der Waals surface area contributed by atoms with Crippen LogP contribution in [-0.4, -0.2) is 28.1 Å². The number of halogens is 2. The van der Waals surface area contributed by atoms with Crippen LogP contribution >= 0.6 is 23.2 Å². The normalized spacial score (nSPS) is 23.4. The van der Waals surface area contributed by atoms with Gasteiger partial charge in [0.25, 0.3) is 0 Å². The molecule has 2 unspecified atom stereocenters. The first kappa shape index (κ1) is 14.2. The van der Waals surface area contributed by atoms with Crippen LogP contribution in [0.2, 0.25) is 5.02 Å². The number of ether oxygens (including phenoxy) is 1. The van der Waals surface area contributed by atoms with Gasteiger partial charge in [0.15, 0.2) is 0 Å². The van der Waals surface area contributed by atoms with E-state index in [1.807, 2.05) is 18.2 Å². The van der Waals surface area contributed by atoms with Gasteiger partial charge in [0, 0.05) is 30.0 Å². The van der Waals surface area contributed by atoms with Gasteiger partial charge < -0.3 is 9.30 Å². The molecule has 0 amide bonds. The van der Waals surface area contributed by atoms with E-state index in [2.05, 4.69) is 11.5 Å². The Labute approximate surface area is 128 Å². The third-order valence-corrected chi connectivity index (χ3v) is 4.29. The molecule has 1 aromatic carbocycles. The van der Waals surface area contributed by atoms with Crippen LogP contribution in [0.15, 0.2) is 18.2 Å². The van der Waals surface area contributed by atoms with Crippen LogP contribution in [0.1, 0.15) is 31.6 Å². The predicted octanol–water partition coefficient (Wildman–Crippen LogP) is 4.21. The molecule has 5 heteroatoms. The van der Waals surface area contributed by atoms with Crippen molar-refractivity contribution < 1.29 is 4.74 Å². The highest BCUT2D eigenvalue weighted by atomic mass is 35.5. The lowest BCUT2D eigenvalue weighted by molar-refractivity contribution is 0.00625. The molecule has 1 saturated heterocycles. The fourth-order valence-electron chi connectivity index (χ4n) is 2.99. The molecule has 1 aliphatic rings. The SMILES string of the molecule is CC1CC(n2c(CCCl)nc3ccc(Cl)cc32)CCO1. The molecule has 0 saturated carbocycles. The molecule has 2 heterocycles. The van der Waals surface area contributed by atoms with Crippen LogP contribution in [0.5, 0.6) is 0 Å². The van der Waals surface area contributed by atoms with Gasteiger partial charge in [0.05, 0.1) is 17.1 Å². The van der Waals surface area contributed by atoms with Gasteiger partial charge in [-0.1, -0.05) is 11.6 Å². The van der Waals surface area contributed by atoms with Gasteiger partial charge in [-0.3, -0.25) is 0 Å². The number of alkyl halides is 1.